The molecule has 4 rings (SSSR count). The van der Waals surface area contributed by atoms with Crippen LogP contribution in [-0.2, 0) is 12.8 Å². The van der Waals surface area contributed by atoms with Gasteiger partial charge in [0.1, 0.15) is 5.75 Å². The number of aromatic nitrogens is 1. The van der Waals surface area contributed by atoms with Gasteiger partial charge >= 0.3 is 0 Å². The van der Waals surface area contributed by atoms with Gasteiger partial charge in [0.2, 0.25) is 0 Å². The molecule has 1 aliphatic carbocycles. The summed E-state index contributed by atoms with van der Waals surface area (Å²) in [7, 11) is 0. The SMILES string of the molecule is CCCCCCOc1cccc(/C=N/NC(=O)c2ccc3[nH]c4c(c3c2)CCCC4)c1. The largest absolute Gasteiger partial charge is 0.494 e. The van der Waals surface area contributed by atoms with E-state index in [2.05, 4.69) is 22.4 Å². The van der Waals surface area contributed by atoms with Crippen LogP contribution < -0.4 is 10.2 Å². The van der Waals surface area contributed by atoms with Crippen LogP contribution in [0.3, 0.4) is 0 Å². The molecule has 5 nitrogen and oxygen atoms in total. The van der Waals surface area contributed by atoms with Gasteiger partial charge in [-0.1, -0.05) is 38.3 Å². The Balaban J connectivity index is 1.35. The molecule has 1 heterocycles. The Bertz CT molecular complexity index is 1070. The van der Waals surface area contributed by atoms with Gasteiger partial charge in [-0.25, -0.2) is 5.43 Å². The van der Waals surface area contributed by atoms with Crippen molar-refractivity contribution in [3.63, 3.8) is 0 Å². The van der Waals surface area contributed by atoms with Crippen LogP contribution in [0.25, 0.3) is 10.9 Å². The second-order valence-electron chi connectivity index (χ2n) is 8.23. The summed E-state index contributed by atoms with van der Waals surface area (Å²) in [6.45, 7) is 2.93. The van der Waals surface area contributed by atoms with Crippen molar-refractivity contribution < 1.29 is 9.53 Å². The molecule has 0 unspecified atom stereocenters. The number of unbranched alkanes of at least 4 members (excludes halogenated alkanes) is 3. The normalized spacial score (nSPS) is 13.5. The molecule has 0 radical (unpaired) electrons. The van der Waals surface area contributed by atoms with E-state index in [-0.39, 0.29) is 5.91 Å². The third kappa shape index (κ3) is 5.35. The molecule has 0 atom stereocenters. The third-order valence-corrected chi connectivity index (χ3v) is 5.86. The molecule has 1 amide bonds. The van der Waals surface area contributed by atoms with Gasteiger partial charge < -0.3 is 9.72 Å². The smallest absolute Gasteiger partial charge is 0.271 e. The zero-order chi connectivity index (χ0) is 21.5. The van der Waals surface area contributed by atoms with E-state index in [4.69, 9.17) is 4.74 Å². The minimum absolute atomic E-state index is 0.202. The molecule has 0 bridgehead atoms. The lowest BCUT2D eigenvalue weighted by molar-refractivity contribution is 0.0955. The summed E-state index contributed by atoms with van der Waals surface area (Å²) in [5, 5.41) is 5.31. The summed E-state index contributed by atoms with van der Waals surface area (Å²) >= 11 is 0. The van der Waals surface area contributed by atoms with Crippen LogP contribution in [-0.4, -0.2) is 23.7 Å². The average molecular weight is 418 g/mol. The van der Waals surface area contributed by atoms with E-state index >= 15 is 0 Å². The summed E-state index contributed by atoms with van der Waals surface area (Å²) in [5.41, 5.74) is 7.97. The van der Waals surface area contributed by atoms with Gasteiger partial charge in [0, 0.05) is 22.2 Å². The van der Waals surface area contributed by atoms with Gasteiger partial charge in [-0.2, -0.15) is 5.10 Å². The first kappa shape index (κ1) is 21.2. The van der Waals surface area contributed by atoms with Gasteiger partial charge in [-0.3, -0.25) is 4.79 Å². The van der Waals surface area contributed by atoms with Crippen LogP contribution in [0, 0.1) is 0 Å². The number of nitrogens with one attached hydrogen (secondary N) is 2. The van der Waals surface area contributed by atoms with E-state index in [0.717, 1.165) is 48.1 Å². The van der Waals surface area contributed by atoms with Crippen molar-refractivity contribution in [2.75, 3.05) is 6.61 Å². The molecule has 3 aromatic rings. The van der Waals surface area contributed by atoms with E-state index in [9.17, 15) is 4.79 Å². The van der Waals surface area contributed by atoms with Crippen LogP contribution in [0.15, 0.2) is 47.6 Å². The second kappa shape index (κ2) is 10.3. The number of carbonyl (C=O) groups is 1. The highest BCUT2D eigenvalue weighted by molar-refractivity contribution is 5.99. The first-order chi connectivity index (χ1) is 15.2. The van der Waals surface area contributed by atoms with Crippen LogP contribution in [0.2, 0.25) is 0 Å². The summed E-state index contributed by atoms with van der Waals surface area (Å²) < 4.78 is 5.82. The van der Waals surface area contributed by atoms with Gasteiger partial charge in [0.05, 0.1) is 12.8 Å². The van der Waals surface area contributed by atoms with Crippen LogP contribution in [0.5, 0.6) is 5.75 Å². The monoisotopic (exact) mass is 417 g/mol. The Morgan fingerprint density at radius 2 is 2.03 bits per heavy atom. The van der Waals surface area contributed by atoms with Crippen LogP contribution >= 0.6 is 0 Å². The number of fused-ring (bicyclic) bond motifs is 3. The van der Waals surface area contributed by atoms with Gasteiger partial charge in [0.25, 0.3) is 5.91 Å². The Labute approximate surface area is 183 Å². The Morgan fingerprint density at radius 1 is 1.13 bits per heavy atom. The first-order valence-electron chi connectivity index (χ1n) is 11.4. The van der Waals surface area contributed by atoms with E-state index < -0.39 is 0 Å². The standard InChI is InChI=1S/C26H31N3O2/c1-2-3-4-7-15-31-21-10-8-9-19(16-21)18-27-29-26(30)20-13-14-25-23(17-20)22-11-5-6-12-24(22)28-25/h8-10,13-14,16-18,28H,2-7,11-12,15H2,1H3,(H,29,30)/b27-18+. The van der Waals surface area contributed by atoms with Crippen molar-refractivity contribution in [1.29, 1.82) is 0 Å². The zero-order valence-electron chi connectivity index (χ0n) is 18.2. The van der Waals surface area contributed by atoms with Crippen molar-refractivity contribution in [2.24, 2.45) is 5.10 Å². The highest BCUT2D eigenvalue weighted by atomic mass is 16.5. The molecule has 162 valence electrons. The predicted molar refractivity (Wildman–Crippen MR) is 126 cm³/mol. The number of H-pyrrole nitrogens is 1. The summed E-state index contributed by atoms with van der Waals surface area (Å²) in [5.74, 6) is 0.627. The zero-order valence-corrected chi connectivity index (χ0v) is 18.2. The topological polar surface area (TPSA) is 66.5 Å². The lowest BCUT2D eigenvalue weighted by atomic mass is 9.95. The molecule has 0 fully saturated rings. The maximum Gasteiger partial charge on any atom is 0.271 e. The molecule has 31 heavy (non-hydrogen) atoms. The average Bonchev–Trinajstić information content (AvgIpc) is 3.17. The van der Waals surface area contributed by atoms with Crippen LogP contribution in [0.1, 0.15) is 72.6 Å². The molecule has 0 saturated heterocycles. The molecule has 0 aliphatic heterocycles. The second-order valence-corrected chi connectivity index (χ2v) is 8.23. The number of hydrazone groups is 1. The molecule has 2 aromatic carbocycles. The number of hydrogen-bond acceptors (Lipinski definition) is 3. The van der Waals surface area contributed by atoms with E-state index in [1.807, 2.05) is 42.5 Å². The number of benzene rings is 2. The van der Waals surface area contributed by atoms with Crippen molar-refractivity contribution in [2.45, 2.75) is 58.3 Å². The Morgan fingerprint density at radius 3 is 2.94 bits per heavy atom. The Hall–Kier alpha value is -3.08. The maximum atomic E-state index is 12.6. The third-order valence-electron chi connectivity index (χ3n) is 5.86. The highest BCUT2D eigenvalue weighted by Gasteiger charge is 2.16. The molecule has 2 N–H and O–H groups in total. The first-order valence-corrected chi connectivity index (χ1v) is 11.4. The van der Waals surface area contributed by atoms with E-state index in [1.54, 1.807) is 6.21 Å². The number of ether oxygens (including phenoxy) is 1. The fourth-order valence-corrected chi connectivity index (χ4v) is 4.18. The fraction of sp³-hybridized carbons (Fsp3) is 0.385. The number of rotatable bonds is 9. The lowest BCUT2D eigenvalue weighted by Crippen LogP contribution is -2.17. The number of nitrogens with zero attached hydrogens (tertiary/aromatic N) is 1. The molecular formula is C26H31N3O2. The summed E-state index contributed by atoms with van der Waals surface area (Å²) in [6.07, 6.45) is 11.0. The number of carbonyl (C=O) groups excluding carboxylic acids is 1. The molecule has 5 heteroatoms. The molecule has 0 spiro atoms. The van der Waals surface area contributed by atoms with Gasteiger partial charge in [0.15, 0.2) is 0 Å². The number of amides is 1. The van der Waals surface area contributed by atoms with Gasteiger partial charge in [-0.15, -0.1) is 0 Å². The van der Waals surface area contributed by atoms with Gasteiger partial charge in [-0.05, 0) is 73.6 Å². The van der Waals surface area contributed by atoms with Crippen molar-refractivity contribution in [3.05, 3.63) is 64.8 Å². The van der Waals surface area contributed by atoms with Crippen LogP contribution in [0.4, 0.5) is 0 Å². The summed E-state index contributed by atoms with van der Waals surface area (Å²) in [6, 6.07) is 13.6. The fourth-order valence-electron chi connectivity index (χ4n) is 4.18. The van der Waals surface area contributed by atoms with Crippen molar-refractivity contribution >= 4 is 23.0 Å². The quantitative estimate of drug-likeness (QED) is 0.264. The Kier molecular flexibility index (Phi) is 7.03. The molecule has 1 aliphatic rings. The number of hydrogen-bond donors (Lipinski definition) is 2. The highest BCUT2D eigenvalue weighted by Crippen LogP contribution is 2.29. The lowest BCUT2D eigenvalue weighted by Gasteiger charge is -2.10. The van der Waals surface area contributed by atoms with Crippen molar-refractivity contribution in [3.8, 4) is 5.75 Å². The van der Waals surface area contributed by atoms with E-state index in [1.165, 1.54) is 43.4 Å². The molecule has 0 saturated carbocycles. The maximum absolute atomic E-state index is 12.6. The molecular weight excluding hydrogens is 386 g/mol. The summed E-state index contributed by atoms with van der Waals surface area (Å²) in [4.78, 5) is 16.1. The molecule has 1 aromatic heterocycles. The number of aromatic amines is 1. The minimum atomic E-state index is -0.202. The minimum Gasteiger partial charge on any atom is -0.494 e. The number of aryl methyl sites for hydroxylation is 2. The van der Waals surface area contributed by atoms with Crippen molar-refractivity contribution in [1.82, 2.24) is 10.4 Å². The van der Waals surface area contributed by atoms with E-state index in [0.29, 0.717) is 5.56 Å². The predicted octanol–water partition coefficient (Wildman–Crippen LogP) is 5.77.